The first-order chi connectivity index (χ1) is 16.3. The number of carbonyl (C=O) groups excluding carboxylic acids is 2. The van der Waals surface area contributed by atoms with Crippen molar-refractivity contribution in [1.82, 2.24) is 4.90 Å². The number of ether oxygens (including phenoxy) is 1. The monoisotopic (exact) mass is 478 g/mol. The highest BCUT2D eigenvalue weighted by Gasteiger charge is 2.30. The van der Waals surface area contributed by atoms with Gasteiger partial charge in [-0.25, -0.2) is 0 Å². The van der Waals surface area contributed by atoms with Crippen molar-refractivity contribution in [1.29, 1.82) is 5.26 Å². The number of nitrogens with zero attached hydrogens (tertiary/aromatic N) is 3. The van der Waals surface area contributed by atoms with Gasteiger partial charge in [-0.2, -0.15) is 5.26 Å². The third-order valence-corrected chi connectivity index (χ3v) is 6.27. The molecule has 2 atom stereocenters. The normalized spacial score (nSPS) is 12.4. The zero-order valence-corrected chi connectivity index (χ0v) is 19.7. The van der Waals surface area contributed by atoms with Gasteiger partial charge in [0.1, 0.15) is 6.04 Å². The standard InChI is InChI=1S/C25H25N3O5S/c1-27(14-13-24(29)33-2)25(30)23(15-18-7-9-19(17-26)10-8-18)28(34(31)32)22-12-11-20-5-3-4-6-21(20)16-22/h3-12,16,23H,13-15H2,1-2H3,(H,31,32)/p-1. The molecule has 0 fully saturated rings. The van der Waals surface area contributed by atoms with E-state index in [0.717, 1.165) is 15.1 Å². The number of benzene rings is 3. The molecular formula is C25H24N3O5S-. The Bertz CT molecular complexity index is 1240. The van der Waals surface area contributed by atoms with Crippen LogP contribution in [0.3, 0.4) is 0 Å². The van der Waals surface area contributed by atoms with Gasteiger partial charge >= 0.3 is 5.97 Å². The minimum Gasteiger partial charge on any atom is -0.755 e. The Morgan fingerprint density at radius 3 is 2.38 bits per heavy atom. The Hall–Kier alpha value is -3.74. The average Bonchev–Trinajstić information content (AvgIpc) is 2.86. The van der Waals surface area contributed by atoms with Crippen LogP contribution in [-0.4, -0.2) is 52.3 Å². The van der Waals surface area contributed by atoms with Gasteiger partial charge in [-0.15, -0.1) is 0 Å². The van der Waals surface area contributed by atoms with Crippen LogP contribution in [0.2, 0.25) is 0 Å². The molecule has 176 valence electrons. The van der Waals surface area contributed by atoms with Crippen molar-refractivity contribution in [2.45, 2.75) is 18.9 Å². The van der Waals surface area contributed by atoms with Gasteiger partial charge in [0.15, 0.2) is 0 Å². The van der Waals surface area contributed by atoms with Crippen LogP contribution < -0.4 is 4.31 Å². The summed E-state index contributed by atoms with van der Waals surface area (Å²) >= 11 is -2.77. The molecule has 1 amide bonds. The summed E-state index contributed by atoms with van der Waals surface area (Å²) in [4.78, 5) is 26.3. The first-order valence-corrected chi connectivity index (χ1v) is 11.6. The molecule has 34 heavy (non-hydrogen) atoms. The SMILES string of the molecule is COC(=O)CCN(C)C(=O)C(Cc1ccc(C#N)cc1)N(c1ccc2ccccc2c1)S(=O)[O-]. The Labute approximate surface area is 200 Å². The first kappa shape index (κ1) is 24.9. The van der Waals surface area contributed by atoms with E-state index in [1.54, 1.807) is 42.5 Å². The van der Waals surface area contributed by atoms with Crippen LogP contribution in [0.5, 0.6) is 0 Å². The zero-order valence-electron chi connectivity index (χ0n) is 18.8. The highest BCUT2D eigenvalue weighted by atomic mass is 32.2. The largest absolute Gasteiger partial charge is 0.755 e. The molecule has 0 aliphatic heterocycles. The van der Waals surface area contributed by atoms with Crippen molar-refractivity contribution in [3.05, 3.63) is 77.9 Å². The molecule has 0 saturated heterocycles. The van der Waals surface area contributed by atoms with Gasteiger partial charge in [0, 0.05) is 37.0 Å². The second-order valence-electron chi connectivity index (χ2n) is 7.69. The van der Waals surface area contributed by atoms with Crippen molar-refractivity contribution < 1.29 is 23.1 Å². The molecule has 3 aromatic carbocycles. The van der Waals surface area contributed by atoms with Crippen LogP contribution in [0.1, 0.15) is 17.5 Å². The van der Waals surface area contributed by atoms with Gasteiger partial charge in [-0.1, -0.05) is 42.5 Å². The summed E-state index contributed by atoms with van der Waals surface area (Å²) in [5.41, 5.74) is 1.50. The van der Waals surface area contributed by atoms with Crippen LogP contribution in [0.25, 0.3) is 10.8 Å². The number of likely N-dealkylation sites (N-methyl/N-ethyl adjacent to an activating group) is 1. The molecule has 0 heterocycles. The second-order valence-corrected chi connectivity index (χ2v) is 8.52. The van der Waals surface area contributed by atoms with Crippen LogP contribution in [0.4, 0.5) is 5.69 Å². The van der Waals surface area contributed by atoms with E-state index in [2.05, 4.69) is 4.74 Å². The van der Waals surface area contributed by atoms with Gasteiger partial charge in [0.25, 0.3) is 0 Å². The molecular weight excluding hydrogens is 454 g/mol. The summed E-state index contributed by atoms with van der Waals surface area (Å²) in [6, 6.07) is 20.3. The summed E-state index contributed by atoms with van der Waals surface area (Å²) in [5, 5.41) is 10.8. The highest BCUT2D eigenvalue weighted by molar-refractivity contribution is 7.80. The molecule has 3 aromatic rings. The summed E-state index contributed by atoms with van der Waals surface area (Å²) in [6.07, 6.45) is 0.0622. The second kappa shape index (κ2) is 11.4. The molecule has 8 nitrogen and oxygen atoms in total. The predicted octanol–water partition coefficient (Wildman–Crippen LogP) is 2.94. The number of esters is 1. The van der Waals surface area contributed by atoms with E-state index in [0.29, 0.717) is 16.8 Å². The maximum Gasteiger partial charge on any atom is 0.307 e. The van der Waals surface area contributed by atoms with Crippen molar-refractivity contribution >= 4 is 39.6 Å². The van der Waals surface area contributed by atoms with Gasteiger partial charge in [-0.3, -0.25) is 18.1 Å². The van der Waals surface area contributed by atoms with Crippen molar-refractivity contribution in [3.63, 3.8) is 0 Å². The van der Waals surface area contributed by atoms with Gasteiger partial charge < -0.3 is 14.2 Å². The quantitative estimate of drug-likeness (QED) is 0.345. The fraction of sp³-hybridized carbons (Fsp3) is 0.240. The van der Waals surface area contributed by atoms with Crippen LogP contribution >= 0.6 is 0 Å². The number of amides is 1. The lowest BCUT2D eigenvalue weighted by Crippen LogP contribution is -2.50. The predicted molar refractivity (Wildman–Crippen MR) is 128 cm³/mol. The number of rotatable bonds is 9. The summed E-state index contributed by atoms with van der Waals surface area (Å²) < 4.78 is 30.6. The van der Waals surface area contributed by atoms with E-state index in [1.165, 1.54) is 19.1 Å². The van der Waals surface area contributed by atoms with Crippen LogP contribution in [0.15, 0.2) is 66.7 Å². The fourth-order valence-corrected chi connectivity index (χ4v) is 4.28. The smallest absolute Gasteiger partial charge is 0.307 e. The Morgan fingerprint density at radius 1 is 1.09 bits per heavy atom. The van der Waals surface area contributed by atoms with Gasteiger partial charge in [0.2, 0.25) is 5.91 Å². The van der Waals surface area contributed by atoms with E-state index in [-0.39, 0.29) is 19.4 Å². The third-order valence-electron chi connectivity index (χ3n) is 5.48. The molecule has 0 aromatic heterocycles. The maximum atomic E-state index is 13.5. The van der Waals surface area contributed by atoms with Crippen LogP contribution in [0, 0.1) is 11.3 Å². The summed E-state index contributed by atoms with van der Waals surface area (Å²) in [7, 11) is 2.78. The van der Waals surface area contributed by atoms with Crippen molar-refractivity contribution in [2.75, 3.05) is 25.0 Å². The number of carbonyl (C=O) groups is 2. The Morgan fingerprint density at radius 2 is 1.76 bits per heavy atom. The number of anilines is 1. The molecule has 0 aliphatic rings. The minimum absolute atomic E-state index is 0.0151. The Balaban J connectivity index is 2.00. The Kier molecular flexibility index (Phi) is 8.35. The molecule has 0 aliphatic carbocycles. The molecule has 3 rings (SSSR count). The molecule has 9 heteroatoms. The lowest BCUT2D eigenvalue weighted by atomic mass is 10.0. The van der Waals surface area contributed by atoms with Crippen molar-refractivity contribution in [3.8, 4) is 6.07 Å². The number of fused-ring (bicyclic) bond motifs is 1. The average molecular weight is 479 g/mol. The topological polar surface area (TPSA) is 114 Å². The van der Waals surface area contributed by atoms with E-state index in [9.17, 15) is 18.4 Å². The zero-order chi connectivity index (χ0) is 24.7. The summed E-state index contributed by atoms with van der Waals surface area (Å²) in [6.45, 7) is 0.0758. The summed E-state index contributed by atoms with van der Waals surface area (Å²) in [5.74, 6) is -0.937. The van der Waals surface area contributed by atoms with E-state index in [4.69, 9.17) is 5.26 Å². The first-order valence-electron chi connectivity index (χ1n) is 10.5. The van der Waals surface area contributed by atoms with Gasteiger partial charge in [0.05, 0.1) is 25.2 Å². The number of hydrogen-bond donors (Lipinski definition) is 0. The number of hydrogen-bond acceptors (Lipinski definition) is 6. The molecule has 0 bridgehead atoms. The highest BCUT2D eigenvalue weighted by Crippen LogP contribution is 2.27. The molecule has 0 N–H and O–H groups in total. The third kappa shape index (κ3) is 5.98. The minimum atomic E-state index is -2.77. The lowest BCUT2D eigenvalue weighted by Gasteiger charge is -2.36. The fourth-order valence-electron chi connectivity index (χ4n) is 3.62. The number of methoxy groups -OCH3 is 1. The van der Waals surface area contributed by atoms with E-state index >= 15 is 0 Å². The molecule has 0 saturated carbocycles. The molecule has 0 radical (unpaired) electrons. The number of nitriles is 1. The maximum absolute atomic E-state index is 13.5. The van der Waals surface area contributed by atoms with Crippen LogP contribution in [-0.2, 0) is 32.0 Å². The van der Waals surface area contributed by atoms with Crippen molar-refractivity contribution in [2.24, 2.45) is 0 Å². The van der Waals surface area contributed by atoms with Gasteiger partial charge in [-0.05, 0) is 40.6 Å². The van der Waals surface area contributed by atoms with E-state index < -0.39 is 29.2 Å². The van der Waals surface area contributed by atoms with E-state index in [1.807, 2.05) is 30.3 Å². The lowest BCUT2D eigenvalue weighted by molar-refractivity contribution is -0.141. The molecule has 2 unspecified atom stereocenters. The molecule has 0 spiro atoms.